The lowest BCUT2D eigenvalue weighted by Crippen LogP contribution is -2.04. The number of ether oxygens (including phenoxy) is 1. The largest absolute Gasteiger partial charge is 0.489 e. The standard InChI is InChI=1S/C17H12Br3NO3/c18-10-1-2-11-12(17(23)21-15(11)8-10)5-9-6-13(19)16(14(20)7-9)24-4-3-22/h1-2,5-8,22H,3-4H2,(H,21,23). The number of carbonyl (C=O) groups excluding carboxylic acids is 1. The van der Waals surface area contributed by atoms with E-state index in [2.05, 4.69) is 53.1 Å². The zero-order valence-corrected chi connectivity index (χ0v) is 17.0. The zero-order valence-electron chi connectivity index (χ0n) is 12.3. The van der Waals surface area contributed by atoms with Gasteiger partial charge in [-0.2, -0.15) is 0 Å². The number of halogens is 3. The van der Waals surface area contributed by atoms with Crippen molar-refractivity contribution in [3.63, 3.8) is 0 Å². The van der Waals surface area contributed by atoms with Gasteiger partial charge in [0.15, 0.2) is 0 Å². The van der Waals surface area contributed by atoms with Crippen LogP contribution in [0, 0.1) is 0 Å². The summed E-state index contributed by atoms with van der Waals surface area (Å²) in [5.74, 6) is 0.488. The van der Waals surface area contributed by atoms with Crippen LogP contribution in [0.5, 0.6) is 5.75 Å². The first-order valence-electron chi connectivity index (χ1n) is 7.05. The molecule has 0 saturated carbocycles. The molecule has 0 atom stereocenters. The average molecular weight is 518 g/mol. The van der Waals surface area contributed by atoms with E-state index in [0.29, 0.717) is 11.3 Å². The smallest absolute Gasteiger partial charge is 0.256 e. The van der Waals surface area contributed by atoms with Gasteiger partial charge in [0.2, 0.25) is 0 Å². The second kappa shape index (κ2) is 7.39. The van der Waals surface area contributed by atoms with Gasteiger partial charge in [0.25, 0.3) is 5.91 Å². The minimum absolute atomic E-state index is 0.0583. The third kappa shape index (κ3) is 3.59. The van der Waals surface area contributed by atoms with E-state index in [1.54, 1.807) is 0 Å². The Balaban J connectivity index is 1.99. The Morgan fingerprint density at radius 3 is 2.50 bits per heavy atom. The number of benzene rings is 2. The highest BCUT2D eigenvalue weighted by Gasteiger charge is 2.24. The molecule has 0 bridgehead atoms. The predicted octanol–water partition coefficient (Wildman–Crippen LogP) is 4.84. The fourth-order valence-electron chi connectivity index (χ4n) is 2.43. The second-order valence-corrected chi connectivity index (χ2v) is 7.71. The first-order chi connectivity index (χ1) is 11.5. The van der Waals surface area contributed by atoms with Gasteiger partial charge in [-0.15, -0.1) is 0 Å². The Morgan fingerprint density at radius 1 is 1.12 bits per heavy atom. The normalized spacial score (nSPS) is 14.7. The molecule has 2 aromatic carbocycles. The summed E-state index contributed by atoms with van der Waals surface area (Å²) in [6.07, 6.45) is 1.83. The number of carbonyl (C=O) groups is 1. The Hall–Kier alpha value is -1.15. The van der Waals surface area contributed by atoms with Crippen LogP contribution >= 0.6 is 47.8 Å². The van der Waals surface area contributed by atoms with Crippen molar-refractivity contribution in [3.05, 3.63) is 54.9 Å². The Labute approximate surface area is 164 Å². The fraction of sp³-hybridized carbons (Fsp3) is 0.118. The van der Waals surface area contributed by atoms with Crippen molar-refractivity contribution in [2.75, 3.05) is 18.5 Å². The number of anilines is 1. The van der Waals surface area contributed by atoms with Gasteiger partial charge in [-0.05, 0) is 67.8 Å². The van der Waals surface area contributed by atoms with E-state index in [9.17, 15) is 4.79 Å². The first-order valence-corrected chi connectivity index (χ1v) is 9.43. The number of nitrogens with one attached hydrogen (secondary N) is 1. The SMILES string of the molecule is O=C1Nc2cc(Br)ccc2C1=Cc1cc(Br)c(OCCO)c(Br)c1. The van der Waals surface area contributed by atoms with E-state index < -0.39 is 0 Å². The highest BCUT2D eigenvalue weighted by Crippen LogP contribution is 2.38. The van der Waals surface area contributed by atoms with E-state index in [0.717, 1.165) is 30.2 Å². The van der Waals surface area contributed by atoms with Crippen LogP contribution < -0.4 is 10.1 Å². The molecule has 0 spiro atoms. The van der Waals surface area contributed by atoms with Crippen molar-refractivity contribution < 1.29 is 14.6 Å². The maximum Gasteiger partial charge on any atom is 0.256 e. The molecule has 1 amide bonds. The Kier molecular flexibility index (Phi) is 5.44. The third-order valence-electron chi connectivity index (χ3n) is 3.43. The van der Waals surface area contributed by atoms with Crippen LogP contribution in [0.3, 0.4) is 0 Å². The van der Waals surface area contributed by atoms with Gasteiger partial charge in [-0.3, -0.25) is 4.79 Å². The molecule has 2 aromatic rings. The van der Waals surface area contributed by atoms with Crippen molar-refractivity contribution in [1.29, 1.82) is 0 Å². The molecule has 1 aliphatic heterocycles. The number of hydrogen-bond donors (Lipinski definition) is 2. The molecule has 1 aliphatic rings. The molecule has 24 heavy (non-hydrogen) atoms. The molecule has 2 N–H and O–H groups in total. The topological polar surface area (TPSA) is 58.6 Å². The number of aliphatic hydroxyl groups is 1. The van der Waals surface area contributed by atoms with Crippen LogP contribution in [0.25, 0.3) is 11.6 Å². The average Bonchev–Trinajstić information content (AvgIpc) is 2.81. The third-order valence-corrected chi connectivity index (χ3v) is 5.11. The minimum atomic E-state index is -0.129. The summed E-state index contributed by atoms with van der Waals surface area (Å²) in [4.78, 5) is 12.3. The molecular formula is C17H12Br3NO3. The Morgan fingerprint density at radius 2 is 1.83 bits per heavy atom. The number of aliphatic hydroxyl groups excluding tert-OH is 1. The van der Waals surface area contributed by atoms with Crippen LogP contribution in [-0.2, 0) is 4.79 Å². The fourth-order valence-corrected chi connectivity index (χ4v) is 4.24. The summed E-state index contributed by atoms with van der Waals surface area (Å²) < 4.78 is 7.88. The first kappa shape index (κ1) is 17.7. The summed E-state index contributed by atoms with van der Waals surface area (Å²) in [5, 5.41) is 11.7. The minimum Gasteiger partial charge on any atom is -0.489 e. The molecule has 124 valence electrons. The van der Waals surface area contributed by atoms with E-state index in [-0.39, 0.29) is 19.1 Å². The number of fused-ring (bicyclic) bond motifs is 1. The van der Waals surface area contributed by atoms with Crippen LogP contribution in [0.4, 0.5) is 5.69 Å². The summed E-state index contributed by atoms with van der Waals surface area (Å²) >= 11 is 10.3. The maximum atomic E-state index is 12.3. The van der Waals surface area contributed by atoms with Gasteiger partial charge >= 0.3 is 0 Å². The molecule has 0 radical (unpaired) electrons. The molecule has 7 heteroatoms. The van der Waals surface area contributed by atoms with Crippen molar-refractivity contribution in [3.8, 4) is 5.75 Å². The monoisotopic (exact) mass is 515 g/mol. The van der Waals surface area contributed by atoms with Gasteiger partial charge in [0.1, 0.15) is 12.4 Å². The lowest BCUT2D eigenvalue weighted by Gasteiger charge is -2.10. The summed E-state index contributed by atoms with van der Waals surface area (Å²) in [6.45, 7) is 0.152. The summed E-state index contributed by atoms with van der Waals surface area (Å²) in [7, 11) is 0. The quantitative estimate of drug-likeness (QED) is 0.571. The van der Waals surface area contributed by atoms with Crippen LogP contribution in [0.15, 0.2) is 43.7 Å². The molecule has 0 unspecified atom stereocenters. The van der Waals surface area contributed by atoms with E-state index in [1.807, 2.05) is 36.4 Å². The highest BCUT2D eigenvalue weighted by molar-refractivity contribution is 9.11. The molecule has 0 aromatic heterocycles. The molecule has 4 nitrogen and oxygen atoms in total. The van der Waals surface area contributed by atoms with E-state index in [4.69, 9.17) is 9.84 Å². The van der Waals surface area contributed by atoms with E-state index >= 15 is 0 Å². The molecule has 1 heterocycles. The van der Waals surface area contributed by atoms with Gasteiger partial charge in [-0.25, -0.2) is 0 Å². The van der Waals surface area contributed by atoms with Crippen molar-refractivity contribution in [2.24, 2.45) is 0 Å². The van der Waals surface area contributed by atoms with Crippen LogP contribution in [0.1, 0.15) is 11.1 Å². The zero-order chi connectivity index (χ0) is 17.3. The van der Waals surface area contributed by atoms with Crippen molar-refractivity contribution >= 4 is 71.0 Å². The molecule has 0 fully saturated rings. The number of rotatable bonds is 4. The molecule has 0 aliphatic carbocycles. The maximum absolute atomic E-state index is 12.3. The van der Waals surface area contributed by atoms with Crippen molar-refractivity contribution in [1.82, 2.24) is 0 Å². The number of hydrogen-bond acceptors (Lipinski definition) is 3. The van der Waals surface area contributed by atoms with Gasteiger partial charge in [0, 0.05) is 15.6 Å². The van der Waals surface area contributed by atoms with Gasteiger partial charge in [-0.1, -0.05) is 22.0 Å². The van der Waals surface area contributed by atoms with Crippen molar-refractivity contribution in [2.45, 2.75) is 0 Å². The predicted molar refractivity (Wildman–Crippen MR) is 105 cm³/mol. The van der Waals surface area contributed by atoms with E-state index in [1.165, 1.54) is 0 Å². The van der Waals surface area contributed by atoms with Gasteiger partial charge < -0.3 is 15.2 Å². The second-order valence-electron chi connectivity index (χ2n) is 5.09. The molecule has 0 saturated heterocycles. The van der Waals surface area contributed by atoms with Crippen LogP contribution in [-0.4, -0.2) is 24.2 Å². The lowest BCUT2D eigenvalue weighted by molar-refractivity contribution is -0.110. The summed E-state index contributed by atoms with van der Waals surface area (Å²) in [5.41, 5.74) is 3.13. The molecular weight excluding hydrogens is 506 g/mol. The lowest BCUT2D eigenvalue weighted by atomic mass is 10.0. The Bertz CT molecular complexity index is 826. The molecule has 3 rings (SSSR count). The number of amides is 1. The summed E-state index contributed by atoms with van der Waals surface area (Å²) in [6, 6.07) is 9.44. The highest BCUT2D eigenvalue weighted by atomic mass is 79.9. The van der Waals surface area contributed by atoms with Crippen LogP contribution in [0.2, 0.25) is 0 Å². The van der Waals surface area contributed by atoms with Gasteiger partial charge in [0.05, 0.1) is 21.2 Å².